The molecule has 0 radical (unpaired) electrons. The van der Waals surface area contributed by atoms with Crippen molar-refractivity contribution in [3.8, 4) is 0 Å². The summed E-state index contributed by atoms with van der Waals surface area (Å²) >= 11 is 4.79. The Hall–Kier alpha value is -0.190. The number of aliphatic hydroxyl groups is 1. The Labute approximate surface area is 78.5 Å². The molecule has 1 aliphatic heterocycles. The van der Waals surface area contributed by atoms with Crippen LogP contribution >= 0.6 is 12.2 Å². The molecular formula is C8H16N2OS. The van der Waals surface area contributed by atoms with Crippen molar-refractivity contribution in [3.63, 3.8) is 0 Å². The molecule has 0 aromatic carbocycles. The molecule has 12 heavy (non-hydrogen) atoms. The number of rotatable bonds is 4. The minimum absolute atomic E-state index is 0.261. The van der Waals surface area contributed by atoms with Gasteiger partial charge in [0.15, 0.2) is 0 Å². The summed E-state index contributed by atoms with van der Waals surface area (Å²) in [4.78, 5) is 2.83. The maximum Gasteiger partial charge on any atom is 0.0740 e. The predicted octanol–water partition coefficient (Wildman–Crippen LogP) is 0.119. The van der Waals surface area contributed by atoms with Crippen molar-refractivity contribution in [2.75, 3.05) is 19.7 Å². The van der Waals surface area contributed by atoms with Crippen LogP contribution in [0.3, 0.4) is 0 Å². The molecule has 1 unspecified atom stereocenters. The number of aliphatic hydroxyl groups excluding tert-OH is 1. The number of nitrogens with zero attached hydrogens (tertiary/aromatic N) is 1. The number of likely N-dealkylation sites (tertiary alicyclic amines) is 1. The van der Waals surface area contributed by atoms with E-state index < -0.39 is 0 Å². The third-order valence-electron chi connectivity index (χ3n) is 2.36. The summed E-state index contributed by atoms with van der Waals surface area (Å²) in [7, 11) is 0. The molecular weight excluding hydrogens is 172 g/mol. The maximum absolute atomic E-state index is 9.00. The molecule has 0 aromatic heterocycles. The summed E-state index contributed by atoms with van der Waals surface area (Å²) in [5, 5.41) is 9.00. The first-order chi connectivity index (χ1) is 5.74. The highest BCUT2D eigenvalue weighted by Crippen LogP contribution is 2.16. The van der Waals surface area contributed by atoms with Gasteiger partial charge < -0.3 is 10.8 Å². The van der Waals surface area contributed by atoms with Crippen molar-refractivity contribution >= 4 is 17.2 Å². The van der Waals surface area contributed by atoms with E-state index in [-0.39, 0.29) is 6.61 Å². The molecule has 1 aliphatic rings. The van der Waals surface area contributed by atoms with Gasteiger partial charge in [0.2, 0.25) is 0 Å². The lowest BCUT2D eigenvalue weighted by Crippen LogP contribution is -2.34. The Morgan fingerprint density at radius 1 is 1.67 bits per heavy atom. The molecule has 1 atom stereocenters. The molecule has 4 heteroatoms. The number of hydrogen-bond donors (Lipinski definition) is 2. The van der Waals surface area contributed by atoms with Crippen LogP contribution in [0.4, 0.5) is 0 Å². The summed E-state index contributed by atoms with van der Waals surface area (Å²) in [5.41, 5.74) is 5.40. The van der Waals surface area contributed by atoms with Gasteiger partial charge in [0.25, 0.3) is 0 Å². The summed E-state index contributed by atoms with van der Waals surface area (Å²) < 4.78 is 0. The van der Waals surface area contributed by atoms with Crippen molar-refractivity contribution in [3.05, 3.63) is 0 Å². The van der Waals surface area contributed by atoms with Gasteiger partial charge in [-0.05, 0) is 19.4 Å². The highest BCUT2D eigenvalue weighted by Gasteiger charge is 2.22. The van der Waals surface area contributed by atoms with Crippen LogP contribution in [0.1, 0.15) is 19.3 Å². The monoisotopic (exact) mass is 188 g/mol. The van der Waals surface area contributed by atoms with Gasteiger partial charge in [-0.25, -0.2) is 0 Å². The van der Waals surface area contributed by atoms with Crippen molar-refractivity contribution in [1.82, 2.24) is 4.90 Å². The molecule has 1 saturated heterocycles. The second kappa shape index (κ2) is 4.74. The van der Waals surface area contributed by atoms with Crippen LogP contribution in [-0.2, 0) is 0 Å². The largest absolute Gasteiger partial charge is 0.395 e. The Kier molecular flexibility index (Phi) is 3.91. The predicted molar refractivity (Wildman–Crippen MR) is 53.1 cm³/mol. The summed E-state index contributed by atoms with van der Waals surface area (Å²) in [5.74, 6) is 0. The van der Waals surface area contributed by atoms with Crippen molar-refractivity contribution < 1.29 is 5.11 Å². The van der Waals surface area contributed by atoms with E-state index in [1.54, 1.807) is 0 Å². The fourth-order valence-electron chi connectivity index (χ4n) is 1.65. The van der Waals surface area contributed by atoms with Gasteiger partial charge >= 0.3 is 0 Å². The Morgan fingerprint density at radius 3 is 3.00 bits per heavy atom. The zero-order valence-corrected chi connectivity index (χ0v) is 8.02. The van der Waals surface area contributed by atoms with Gasteiger partial charge in [0.1, 0.15) is 0 Å². The molecule has 0 aliphatic carbocycles. The van der Waals surface area contributed by atoms with Gasteiger partial charge in [-0.3, -0.25) is 4.90 Å². The molecule has 0 spiro atoms. The standard InChI is InChI=1S/C8H16N2OS/c9-8(12)3-5-10-4-1-2-7(10)6-11/h7,11H,1-6H2,(H2,9,12). The quantitative estimate of drug-likeness (QED) is 0.615. The summed E-state index contributed by atoms with van der Waals surface area (Å²) in [6.45, 7) is 2.24. The van der Waals surface area contributed by atoms with E-state index in [2.05, 4.69) is 4.90 Å². The minimum atomic E-state index is 0.261. The Balaban J connectivity index is 2.26. The van der Waals surface area contributed by atoms with Crippen LogP contribution in [-0.4, -0.2) is 40.7 Å². The topological polar surface area (TPSA) is 49.5 Å². The molecule has 1 rings (SSSR count). The van der Waals surface area contributed by atoms with Crippen LogP contribution in [0.2, 0.25) is 0 Å². The van der Waals surface area contributed by atoms with E-state index in [9.17, 15) is 0 Å². The average Bonchev–Trinajstić information content (AvgIpc) is 2.47. The molecule has 1 heterocycles. The minimum Gasteiger partial charge on any atom is -0.395 e. The third kappa shape index (κ3) is 2.69. The number of hydrogen-bond acceptors (Lipinski definition) is 3. The Morgan fingerprint density at radius 2 is 2.42 bits per heavy atom. The third-order valence-corrected chi connectivity index (χ3v) is 2.56. The molecule has 1 fully saturated rings. The van der Waals surface area contributed by atoms with E-state index in [0.717, 1.165) is 25.9 Å². The molecule has 0 bridgehead atoms. The summed E-state index contributed by atoms with van der Waals surface area (Å²) in [6, 6.07) is 0.347. The lowest BCUT2D eigenvalue weighted by molar-refractivity contribution is 0.162. The number of nitrogens with two attached hydrogens (primary N) is 1. The molecule has 3 nitrogen and oxygen atoms in total. The average molecular weight is 188 g/mol. The highest BCUT2D eigenvalue weighted by molar-refractivity contribution is 7.80. The van der Waals surface area contributed by atoms with Crippen molar-refractivity contribution in [2.45, 2.75) is 25.3 Å². The second-order valence-corrected chi connectivity index (χ2v) is 3.76. The number of thiocarbonyl (C=S) groups is 1. The SMILES string of the molecule is NC(=S)CCN1CCCC1CO. The normalized spacial score (nSPS) is 24.6. The summed E-state index contributed by atoms with van der Waals surface area (Å²) in [6.07, 6.45) is 3.06. The van der Waals surface area contributed by atoms with E-state index >= 15 is 0 Å². The highest BCUT2D eigenvalue weighted by atomic mass is 32.1. The smallest absolute Gasteiger partial charge is 0.0740 e. The van der Waals surface area contributed by atoms with E-state index in [1.807, 2.05) is 0 Å². The van der Waals surface area contributed by atoms with Crippen LogP contribution in [0.15, 0.2) is 0 Å². The Bertz CT molecular complexity index is 163. The van der Waals surface area contributed by atoms with Crippen LogP contribution in [0, 0.1) is 0 Å². The first-order valence-corrected chi connectivity index (χ1v) is 4.78. The van der Waals surface area contributed by atoms with Gasteiger partial charge in [0, 0.05) is 19.0 Å². The molecule has 0 amide bonds. The zero-order valence-electron chi connectivity index (χ0n) is 7.20. The first kappa shape index (κ1) is 9.89. The van der Waals surface area contributed by atoms with E-state index in [1.165, 1.54) is 6.42 Å². The zero-order chi connectivity index (χ0) is 8.97. The van der Waals surface area contributed by atoms with Gasteiger partial charge in [0.05, 0.1) is 11.6 Å². The van der Waals surface area contributed by atoms with E-state index in [0.29, 0.717) is 11.0 Å². The fourth-order valence-corrected chi connectivity index (χ4v) is 1.74. The first-order valence-electron chi connectivity index (χ1n) is 4.37. The van der Waals surface area contributed by atoms with Crippen LogP contribution in [0.5, 0.6) is 0 Å². The lowest BCUT2D eigenvalue weighted by Gasteiger charge is -2.21. The molecule has 0 aromatic rings. The second-order valence-electron chi connectivity index (χ2n) is 3.23. The molecule has 70 valence electrons. The lowest BCUT2D eigenvalue weighted by atomic mass is 10.2. The maximum atomic E-state index is 9.00. The van der Waals surface area contributed by atoms with Crippen LogP contribution in [0.25, 0.3) is 0 Å². The molecule has 3 N–H and O–H groups in total. The van der Waals surface area contributed by atoms with Crippen molar-refractivity contribution in [2.24, 2.45) is 5.73 Å². The van der Waals surface area contributed by atoms with E-state index in [4.69, 9.17) is 23.1 Å². The van der Waals surface area contributed by atoms with Gasteiger partial charge in [-0.15, -0.1) is 0 Å². The van der Waals surface area contributed by atoms with Crippen LogP contribution < -0.4 is 5.73 Å². The molecule has 0 saturated carbocycles. The fraction of sp³-hybridized carbons (Fsp3) is 0.875. The van der Waals surface area contributed by atoms with Gasteiger partial charge in [-0.1, -0.05) is 12.2 Å². The van der Waals surface area contributed by atoms with Gasteiger partial charge in [-0.2, -0.15) is 0 Å². The van der Waals surface area contributed by atoms with Crippen molar-refractivity contribution in [1.29, 1.82) is 0 Å².